The number of anilines is 1. The van der Waals surface area contributed by atoms with E-state index in [0.29, 0.717) is 19.9 Å². The highest BCUT2D eigenvalue weighted by Gasteiger charge is 2.35. The first-order valence-electron chi connectivity index (χ1n) is 9.91. The molecule has 2 aliphatic rings. The molecule has 15 heteroatoms. The van der Waals surface area contributed by atoms with Crippen molar-refractivity contribution in [3.05, 3.63) is 54.9 Å². The second-order valence-corrected chi connectivity index (χ2v) is 12.3. The van der Waals surface area contributed by atoms with Crippen LogP contribution in [0.1, 0.15) is 6.92 Å². The van der Waals surface area contributed by atoms with Gasteiger partial charge in [-0.25, -0.2) is 0 Å². The minimum atomic E-state index is -4.32. The Hall–Kier alpha value is -2.43. The van der Waals surface area contributed by atoms with E-state index in [1.165, 1.54) is 27.3 Å². The molecule has 0 saturated carbocycles. The molecule has 0 bridgehead atoms. The van der Waals surface area contributed by atoms with Crippen LogP contribution in [-0.4, -0.2) is 56.2 Å². The molecule has 1 saturated heterocycles. The number of amides is 1. The number of thiocarbonyl (C=S) groups is 1. The number of rotatable bonds is 6. The van der Waals surface area contributed by atoms with Crippen molar-refractivity contribution >= 4 is 90.1 Å². The van der Waals surface area contributed by atoms with Crippen LogP contribution in [0, 0.1) is 0 Å². The molecular formula is C20H17N3O7S5. The van der Waals surface area contributed by atoms with Crippen LogP contribution in [0.2, 0.25) is 0 Å². The van der Waals surface area contributed by atoms with Crippen molar-refractivity contribution in [2.24, 2.45) is 0 Å². The van der Waals surface area contributed by atoms with Crippen molar-refractivity contribution in [2.75, 3.05) is 17.3 Å². The molecule has 2 aliphatic heterocycles. The molecule has 1 amide bonds. The summed E-state index contributed by atoms with van der Waals surface area (Å²) in [5.41, 5.74) is 0.262. The summed E-state index contributed by atoms with van der Waals surface area (Å²) in [6.07, 6.45) is 3.12. The second-order valence-electron chi connectivity index (χ2n) is 7.18. The van der Waals surface area contributed by atoms with Crippen LogP contribution in [0.15, 0.2) is 45.1 Å². The first-order valence-corrected chi connectivity index (χ1v) is 14.4. The number of hydrogen-bond acceptors (Lipinski definition) is 10. The highest BCUT2D eigenvalue weighted by Crippen LogP contribution is 2.45. The Morgan fingerprint density at radius 3 is 2.51 bits per heavy atom. The van der Waals surface area contributed by atoms with Crippen molar-refractivity contribution in [2.45, 2.75) is 18.4 Å². The van der Waals surface area contributed by atoms with Crippen molar-refractivity contribution in [1.29, 1.82) is 0 Å². The molecule has 2 aromatic rings. The quantitative estimate of drug-likeness (QED) is 0.380. The first-order chi connectivity index (χ1) is 16.5. The molecule has 1 fully saturated rings. The topological polar surface area (TPSA) is 137 Å². The lowest BCUT2D eigenvalue weighted by Crippen LogP contribution is -2.35. The fourth-order valence-electron chi connectivity index (χ4n) is 3.41. The lowest BCUT2D eigenvalue weighted by Gasteiger charge is -2.17. The van der Waals surface area contributed by atoms with Crippen LogP contribution in [0.4, 0.5) is 5.69 Å². The van der Waals surface area contributed by atoms with E-state index in [9.17, 15) is 27.4 Å². The standard InChI is InChI=1S/C20H17N3O7S5/c1-2-21-17(26)13(33-19(21)16-18(27)22(9-15(24)25)20(31)34-16)7-8-14-23(10-35(28,29)30)11-5-3-4-6-12(11)32-14/h3-8H,2,9-10H2,1H3,(H,24,25)(H,28,29,30)/b13-7-,14-8+,19-16-. The van der Waals surface area contributed by atoms with Gasteiger partial charge in [0.25, 0.3) is 21.6 Å². The third-order valence-corrected chi connectivity index (χ3v) is 9.30. The summed E-state index contributed by atoms with van der Waals surface area (Å²) in [7, 11) is -4.32. The highest BCUT2D eigenvalue weighted by molar-refractivity contribution is 8.30. The predicted molar refractivity (Wildman–Crippen MR) is 140 cm³/mol. The fourth-order valence-corrected chi connectivity index (χ4v) is 7.68. The number of aliphatic carboxylic acids is 1. The van der Waals surface area contributed by atoms with E-state index < -0.39 is 34.4 Å². The van der Waals surface area contributed by atoms with E-state index in [1.54, 1.807) is 31.2 Å². The zero-order valence-electron chi connectivity index (χ0n) is 17.9. The Labute approximate surface area is 217 Å². The minimum Gasteiger partial charge on any atom is -0.480 e. The lowest BCUT2D eigenvalue weighted by molar-refractivity contribution is -0.140. The summed E-state index contributed by atoms with van der Waals surface area (Å²) in [6, 6.07) is 7.10. The zero-order chi connectivity index (χ0) is 25.5. The Bertz CT molecular complexity index is 1570. The second kappa shape index (κ2) is 9.91. The maximum absolute atomic E-state index is 13.0. The predicted octanol–water partition coefficient (Wildman–Crippen LogP) is 1.06. The Kier molecular flexibility index (Phi) is 7.26. The largest absolute Gasteiger partial charge is 0.480 e. The van der Waals surface area contributed by atoms with E-state index in [0.717, 1.165) is 32.9 Å². The number of carbonyl (C=O) groups excluding carboxylic acids is 1. The number of nitrogens with zero attached hydrogens (tertiary/aromatic N) is 3. The normalized spacial score (nSPS) is 19.3. The smallest absolute Gasteiger partial charge is 0.323 e. The van der Waals surface area contributed by atoms with Gasteiger partial charge in [-0.1, -0.05) is 47.9 Å². The van der Waals surface area contributed by atoms with E-state index in [1.807, 2.05) is 6.07 Å². The number of thioether (sulfide) groups is 2. The van der Waals surface area contributed by atoms with Gasteiger partial charge in [0, 0.05) is 11.4 Å². The average Bonchev–Trinajstić information content (AvgIpc) is 3.38. The average molecular weight is 572 g/mol. The lowest BCUT2D eigenvalue weighted by atomic mass is 10.3. The van der Waals surface area contributed by atoms with Gasteiger partial charge in [-0.05, 0) is 31.2 Å². The summed E-state index contributed by atoms with van der Waals surface area (Å²) in [6.45, 7) is 1.45. The molecule has 0 unspecified atom stereocenters. The molecule has 4 rings (SSSR count). The van der Waals surface area contributed by atoms with Crippen LogP contribution < -0.4 is 19.7 Å². The summed E-state index contributed by atoms with van der Waals surface area (Å²) in [4.78, 5) is 40.3. The van der Waals surface area contributed by atoms with Gasteiger partial charge in [-0.2, -0.15) is 8.42 Å². The monoisotopic (exact) mass is 571 g/mol. The molecular weight excluding hydrogens is 555 g/mol. The zero-order valence-corrected chi connectivity index (χ0v) is 22.0. The van der Waals surface area contributed by atoms with Crippen LogP contribution in [0.3, 0.4) is 0 Å². The number of carboxylic acid groups (broad SMARTS) is 1. The number of thiazole rings is 1. The Morgan fingerprint density at radius 2 is 1.86 bits per heavy atom. The molecule has 184 valence electrons. The number of benzene rings is 1. The number of fused-ring (bicyclic) bond motifs is 1. The molecule has 3 heterocycles. The van der Waals surface area contributed by atoms with E-state index in [-0.39, 0.29) is 21.3 Å². The van der Waals surface area contributed by atoms with Crippen LogP contribution >= 0.6 is 47.1 Å². The van der Waals surface area contributed by atoms with Gasteiger partial charge in [0.1, 0.15) is 20.4 Å². The molecule has 0 aliphatic carbocycles. The van der Waals surface area contributed by atoms with Gasteiger partial charge in [0.05, 0.1) is 15.2 Å². The van der Waals surface area contributed by atoms with Gasteiger partial charge in [-0.3, -0.25) is 28.4 Å². The minimum absolute atomic E-state index is 0.101. The molecule has 1 aromatic heterocycles. The van der Waals surface area contributed by atoms with E-state index in [2.05, 4.69) is 0 Å². The van der Waals surface area contributed by atoms with Crippen molar-refractivity contribution in [1.82, 2.24) is 9.47 Å². The van der Waals surface area contributed by atoms with Gasteiger partial charge < -0.3 is 10.0 Å². The molecule has 1 aromatic carbocycles. The summed E-state index contributed by atoms with van der Waals surface area (Å²) in [5.74, 6) is -2.42. The summed E-state index contributed by atoms with van der Waals surface area (Å²) >= 11 is 8.45. The molecule has 2 N–H and O–H groups in total. The molecule has 0 atom stereocenters. The summed E-state index contributed by atoms with van der Waals surface area (Å²) < 4.78 is 34.7. The van der Waals surface area contributed by atoms with Crippen LogP contribution in [-0.2, 0) is 26.3 Å². The first kappa shape index (κ1) is 25.7. The number of carboxylic acids is 1. The molecule has 10 nitrogen and oxygen atoms in total. The third kappa shape index (κ3) is 5.24. The van der Waals surface area contributed by atoms with Crippen molar-refractivity contribution < 1.29 is 27.7 Å². The van der Waals surface area contributed by atoms with Crippen LogP contribution in [0.25, 0.3) is 11.0 Å². The molecule has 0 radical (unpaired) electrons. The number of allylic oxidation sites excluding steroid dienone is 1. The highest BCUT2D eigenvalue weighted by atomic mass is 32.2. The number of para-hydroxylation sites is 1. The number of hydrogen-bond donors (Lipinski definition) is 2. The van der Waals surface area contributed by atoms with E-state index in [4.69, 9.17) is 17.3 Å². The van der Waals surface area contributed by atoms with Crippen LogP contribution in [0.5, 0.6) is 0 Å². The number of aromatic nitrogens is 1. The van der Waals surface area contributed by atoms with E-state index >= 15 is 0 Å². The maximum Gasteiger partial charge on any atom is 0.323 e. The maximum atomic E-state index is 13.0. The SMILES string of the molecule is CCn1c(=O)/c(=C/C=C2/Sc3ccccc3N2CS(=O)(=O)O)s/c1=C1\SC(=S)N(CC(=O)O)C1=O. The Morgan fingerprint density at radius 1 is 1.14 bits per heavy atom. The van der Waals surface area contributed by atoms with Crippen molar-refractivity contribution in [3.8, 4) is 0 Å². The van der Waals surface area contributed by atoms with Gasteiger partial charge in [0.15, 0.2) is 5.88 Å². The molecule has 35 heavy (non-hydrogen) atoms. The fraction of sp³-hybridized carbons (Fsp3) is 0.200. The van der Waals surface area contributed by atoms with Gasteiger partial charge in [0.2, 0.25) is 0 Å². The third-order valence-electron chi connectivity index (χ3n) is 4.87. The molecule has 0 spiro atoms. The van der Waals surface area contributed by atoms with Crippen molar-refractivity contribution in [3.63, 3.8) is 0 Å². The number of carbonyl (C=O) groups is 2. The van der Waals surface area contributed by atoms with Gasteiger partial charge >= 0.3 is 5.97 Å². The Balaban J connectivity index is 1.81. The summed E-state index contributed by atoms with van der Waals surface area (Å²) in [5, 5.41) is 9.55. The van der Waals surface area contributed by atoms with Gasteiger partial charge in [-0.15, -0.1) is 11.3 Å².